The lowest BCUT2D eigenvalue weighted by Crippen LogP contribution is -2.14. The number of phenolic OH excluding ortho intramolecular Hbond substituents is 1. The monoisotopic (exact) mass is 256 g/mol. The van der Waals surface area contributed by atoms with Crippen LogP contribution in [-0.4, -0.2) is 11.0 Å². The molecule has 0 heterocycles. The molecule has 0 bridgehead atoms. The molecule has 1 amide bonds. The molecule has 2 aromatic rings. The summed E-state index contributed by atoms with van der Waals surface area (Å²) >= 11 is 0. The first kappa shape index (κ1) is 13.0. The number of benzene rings is 2. The van der Waals surface area contributed by atoms with E-state index in [9.17, 15) is 9.90 Å². The highest BCUT2D eigenvalue weighted by atomic mass is 16.3. The average Bonchev–Trinajstić information content (AvgIpc) is 2.38. The average molecular weight is 256 g/mol. The van der Waals surface area contributed by atoms with Crippen molar-refractivity contribution >= 4 is 17.3 Å². The van der Waals surface area contributed by atoms with E-state index in [1.54, 1.807) is 0 Å². The van der Waals surface area contributed by atoms with Gasteiger partial charge in [0.05, 0.1) is 5.56 Å². The molecule has 0 radical (unpaired) electrons. The van der Waals surface area contributed by atoms with Crippen LogP contribution < -0.4 is 11.1 Å². The summed E-state index contributed by atoms with van der Waals surface area (Å²) in [6.07, 6.45) is 0. The number of aromatic hydroxyl groups is 1. The zero-order chi connectivity index (χ0) is 14.0. The fraction of sp³-hybridized carbons (Fsp3) is 0.133. The van der Waals surface area contributed by atoms with Crippen molar-refractivity contribution in [3.8, 4) is 5.75 Å². The maximum atomic E-state index is 12.1. The van der Waals surface area contributed by atoms with Crippen LogP contribution in [0.5, 0.6) is 5.75 Å². The maximum Gasteiger partial charge on any atom is 0.257 e. The number of nitrogens with two attached hydrogens (primary N) is 1. The van der Waals surface area contributed by atoms with Crippen molar-refractivity contribution in [1.82, 2.24) is 0 Å². The van der Waals surface area contributed by atoms with Crippen molar-refractivity contribution < 1.29 is 9.90 Å². The van der Waals surface area contributed by atoms with E-state index in [-0.39, 0.29) is 17.2 Å². The van der Waals surface area contributed by atoms with Gasteiger partial charge in [-0.1, -0.05) is 12.1 Å². The van der Waals surface area contributed by atoms with Crippen LogP contribution in [0.4, 0.5) is 11.4 Å². The van der Waals surface area contributed by atoms with Gasteiger partial charge in [0, 0.05) is 11.4 Å². The predicted octanol–water partition coefficient (Wildman–Crippen LogP) is 2.84. The fourth-order valence-corrected chi connectivity index (χ4v) is 1.82. The lowest BCUT2D eigenvalue weighted by atomic mass is 10.1. The maximum absolute atomic E-state index is 12.1. The lowest BCUT2D eigenvalue weighted by molar-refractivity contribution is 0.102. The quantitative estimate of drug-likeness (QED) is 0.571. The Hall–Kier alpha value is -2.49. The highest BCUT2D eigenvalue weighted by Gasteiger charge is 2.12. The number of phenols is 1. The Morgan fingerprint density at radius 1 is 1.21 bits per heavy atom. The van der Waals surface area contributed by atoms with Gasteiger partial charge in [0.2, 0.25) is 0 Å². The molecule has 0 aliphatic rings. The second kappa shape index (κ2) is 5.02. The predicted molar refractivity (Wildman–Crippen MR) is 76.4 cm³/mol. The highest BCUT2D eigenvalue weighted by molar-refractivity contribution is 6.08. The number of anilines is 2. The summed E-state index contributed by atoms with van der Waals surface area (Å²) in [5, 5.41) is 12.2. The normalized spacial score (nSPS) is 10.2. The number of carbonyl (C=O) groups is 1. The largest absolute Gasteiger partial charge is 0.508 e. The van der Waals surface area contributed by atoms with E-state index in [0.717, 1.165) is 16.8 Å². The Balaban J connectivity index is 2.31. The third-order valence-electron chi connectivity index (χ3n) is 3.13. The van der Waals surface area contributed by atoms with Crippen molar-refractivity contribution in [2.24, 2.45) is 0 Å². The molecule has 19 heavy (non-hydrogen) atoms. The number of aryl methyl sites for hydroxylation is 1. The number of hydrogen-bond acceptors (Lipinski definition) is 3. The minimum Gasteiger partial charge on any atom is -0.508 e. The molecule has 0 spiro atoms. The van der Waals surface area contributed by atoms with E-state index in [4.69, 9.17) is 5.73 Å². The second-order valence-electron chi connectivity index (χ2n) is 4.47. The molecule has 0 aliphatic carbocycles. The van der Waals surface area contributed by atoms with Crippen LogP contribution in [0.3, 0.4) is 0 Å². The first-order valence-electron chi connectivity index (χ1n) is 5.95. The molecule has 0 unspecified atom stereocenters. The van der Waals surface area contributed by atoms with E-state index < -0.39 is 0 Å². The summed E-state index contributed by atoms with van der Waals surface area (Å²) in [4.78, 5) is 12.1. The molecule has 0 saturated carbocycles. The number of nitrogens with one attached hydrogen (secondary N) is 1. The van der Waals surface area contributed by atoms with E-state index in [1.165, 1.54) is 18.2 Å². The molecule has 0 atom stereocenters. The van der Waals surface area contributed by atoms with Gasteiger partial charge in [0.1, 0.15) is 5.75 Å². The van der Waals surface area contributed by atoms with Crippen molar-refractivity contribution in [1.29, 1.82) is 0 Å². The Kier molecular flexibility index (Phi) is 3.42. The first-order chi connectivity index (χ1) is 8.99. The number of hydrogen-bond donors (Lipinski definition) is 3. The molecular formula is C15H16N2O2. The summed E-state index contributed by atoms with van der Waals surface area (Å²) in [7, 11) is 0. The third kappa shape index (κ3) is 2.68. The van der Waals surface area contributed by atoms with Crippen molar-refractivity contribution in [2.45, 2.75) is 13.8 Å². The van der Waals surface area contributed by atoms with Gasteiger partial charge in [-0.05, 0) is 49.2 Å². The third-order valence-corrected chi connectivity index (χ3v) is 3.13. The molecular weight excluding hydrogens is 240 g/mol. The van der Waals surface area contributed by atoms with Gasteiger partial charge in [-0.15, -0.1) is 0 Å². The molecule has 4 heteroatoms. The van der Waals surface area contributed by atoms with Gasteiger partial charge < -0.3 is 16.2 Å². The number of carbonyl (C=O) groups excluding carboxylic acids is 1. The van der Waals surface area contributed by atoms with Crippen LogP contribution in [0.25, 0.3) is 0 Å². The van der Waals surface area contributed by atoms with Gasteiger partial charge in [-0.2, -0.15) is 0 Å². The molecule has 98 valence electrons. The summed E-state index contributed by atoms with van der Waals surface area (Å²) in [5.74, 6) is -0.317. The lowest BCUT2D eigenvalue weighted by Gasteiger charge is -2.11. The van der Waals surface area contributed by atoms with Crippen molar-refractivity contribution in [3.63, 3.8) is 0 Å². The standard InChI is InChI=1S/C15H16N2O2/c1-9-4-3-5-14(10(9)2)17-15(19)12-8-11(18)6-7-13(12)16/h3-8,18H,16H2,1-2H3,(H,17,19). The molecule has 2 aromatic carbocycles. The second-order valence-corrected chi connectivity index (χ2v) is 4.47. The van der Waals surface area contributed by atoms with Crippen LogP contribution in [-0.2, 0) is 0 Å². The number of rotatable bonds is 2. The van der Waals surface area contributed by atoms with Crippen LogP contribution in [0, 0.1) is 13.8 Å². The van der Waals surface area contributed by atoms with E-state index in [2.05, 4.69) is 5.32 Å². The molecule has 0 aromatic heterocycles. The summed E-state index contributed by atoms with van der Waals surface area (Å²) in [5.41, 5.74) is 9.19. The summed E-state index contributed by atoms with van der Waals surface area (Å²) in [6.45, 7) is 3.92. The summed E-state index contributed by atoms with van der Waals surface area (Å²) in [6, 6.07) is 10.0. The molecule has 4 nitrogen and oxygen atoms in total. The van der Waals surface area contributed by atoms with Crippen LogP contribution >= 0.6 is 0 Å². The number of amides is 1. The van der Waals surface area contributed by atoms with Crippen molar-refractivity contribution in [3.05, 3.63) is 53.1 Å². The Morgan fingerprint density at radius 3 is 2.68 bits per heavy atom. The molecule has 2 rings (SSSR count). The Morgan fingerprint density at radius 2 is 1.95 bits per heavy atom. The zero-order valence-electron chi connectivity index (χ0n) is 10.9. The molecule has 0 aliphatic heterocycles. The van der Waals surface area contributed by atoms with Gasteiger partial charge >= 0.3 is 0 Å². The van der Waals surface area contributed by atoms with E-state index >= 15 is 0 Å². The van der Waals surface area contributed by atoms with Gasteiger partial charge in [0.15, 0.2) is 0 Å². The minimum absolute atomic E-state index is 0.0142. The Bertz CT molecular complexity index is 636. The fourth-order valence-electron chi connectivity index (χ4n) is 1.82. The smallest absolute Gasteiger partial charge is 0.257 e. The molecule has 0 fully saturated rings. The molecule has 4 N–H and O–H groups in total. The van der Waals surface area contributed by atoms with Crippen LogP contribution in [0.2, 0.25) is 0 Å². The first-order valence-corrected chi connectivity index (χ1v) is 5.95. The minimum atomic E-state index is -0.331. The van der Waals surface area contributed by atoms with E-state index in [1.807, 2.05) is 32.0 Å². The number of nitrogen functional groups attached to an aromatic ring is 1. The summed E-state index contributed by atoms with van der Waals surface area (Å²) < 4.78 is 0. The van der Waals surface area contributed by atoms with Crippen LogP contribution in [0.15, 0.2) is 36.4 Å². The van der Waals surface area contributed by atoms with Gasteiger partial charge in [-0.25, -0.2) is 0 Å². The topological polar surface area (TPSA) is 75.3 Å². The highest BCUT2D eigenvalue weighted by Crippen LogP contribution is 2.22. The van der Waals surface area contributed by atoms with Gasteiger partial charge in [-0.3, -0.25) is 4.79 Å². The van der Waals surface area contributed by atoms with Crippen molar-refractivity contribution in [2.75, 3.05) is 11.1 Å². The Labute approximate surface area is 111 Å². The van der Waals surface area contributed by atoms with Gasteiger partial charge in [0.25, 0.3) is 5.91 Å². The zero-order valence-corrected chi connectivity index (χ0v) is 10.9. The molecule has 0 saturated heterocycles. The van der Waals surface area contributed by atoms with Crippen LogP contribution in [0.1, 0.15) is 21.5 Å². The van der Waals surface area contributed by atoms with E-state index in [0.29, 0.717) is 5.69 Å². The SMILES string of the molecule is Cc1cccc(NC(=O)c2cc(O)ccc2N)c1C.